The van der Waals surface area contributed by atoms with Gasteiger partial charge in [-0.25, -0.2) is 34.9 Å². The van der Waals surface area contributed by atoms with Crippen LogP contribution in [0.2, 0.25) is 0 Å². The lowest BCUT2D eigenvalue weighted by molar-refractivity contribution is -0.126. The summed E-state index contributed by atoms with van der Waals surface area (Å²) in [6, 6.07) is 1.89. The van der Waals surface area contributed by atoms with E-state index in [2.05, 4.69) is 36.2 Å². The minimum Gasteiger partial charge on any atom is -0.393 e. The molecule has 20 nitrogen and oxygen atoms in total. The predicted octanol–water partition coefficient (Wildman–Crippen LogP) is 7.54. The number of rotatable bonds is 11. The first-order valence-electron chi connectivity index (χ1n) is 23.7. The van der Waals surface area contributed by atoms with Crippen LogP contribution in [0.3, 0.4) is 0 Å². The molecule has 7 aromatic heterocycles. The van der Waals surface area contributed by atoms with Crippen LogP contribution in [0.1, 0.15) is 130 Å². The summed E-state index contributed by atoms with van der Waals surface area (Å²) < 4.78 is 0. The summed E-state index contributed by atoms with van der Waals surface area (Å²) >= 11 is 7.13. The van der Waals surface area contributed by atoms with E-state index in [-0.39, 0.29) is 58.7 Å². The molecule has 1 aliphatic heterocycles. The molecule has 0 radical (unpaired) electrons. The molecule has 396 valence electrons. The first-order chi connectivity index (χ1) is 36.3. The van der Waals surface area contributed by atoms with Crippen molar-refractivity contribution in [3.63, 3.8) is 0 Å². The quantitative estimate of drug-likeness (QED) is 0.0486. The number of amides is 4. The third-order valence-corrected chi connectivity index (χ3v) is 17.1. The van der Waals surface area contributed by atoms with Crippen LogP contribution >= 0.6 is 68.0 Å². The number of nitrogens with zero attached hydrogens (tertiary/aromatic N) is 7. The number of carbonyl (C=O) groups is 6. The standard InChI is InChI=1S/C50H51N11O9S6/c1-8-25(41(67)51-14-22(5)62)12-36(65)30-16-72-48(55-30)35-20-74-47(59-35)29-11-10-26-40(52-29)32-17-75-50(56-32)39(24(7)64)61-44(70)34-19-76-49(58-34)38(21(3)4)60-43(69)33-18-73-46(57-33)28(9-2)53-42(68)27(23(6)63)13-37(66)31-15-71-45(26)54-31/h8-11,15-24,27,38-39,62-64H,12-14H2,1-7H3,(H,51,67)(H,53,68)(H,60,69)(H,61,70)/b25-8+,28-9-/t22-,23-,24-,27+,38+,39+/m1/s1. The van der Waals surface area contributed by atoms with Gasteiger partial charge in [0, 0.05) is 62.8 Å². The second-order valence-corrected chi connectivity index (χ2v) is 23.1. The zero-order valence-corrected chi connectivity index (χ0v) is 46.7. The Labute approximate surface area is 459 Å². The first-order valence-corrected chi connectivity index (χ1v) is 29.0. The lowest BCUT2D eigenvalue weighted by Crippen LogP contribution is -2.37. The lowest BCUT2D eigenvalue weighted by Gasteiger charge is -2.20. The maximum Gasteiger partial charge on any atom is 0.271 e. The minimum absolute atomic E-state index is 0.0411. The number of hydrogen-bond acceptors (Lipinski definition) is 22. The zero-order valence-electron chi connectivity index (χ0n) is 41.8. The Kier molecular flexibility index (Phi) is 17.8. The monoisotopic (exact) mass is 1140 g/mol. The summed E-state index contributed by atoms with van der Waals surface area (Å²) in [6.45, 7) is 11.7. The molecule has 0 saturated heterocycles. The van der Waals surface area contributed by atoms with Crippen LogP contribution in [-0.2, 0) is 9.59 Å². The molecular weight excluding hydrogens is 1090 g/mol. The van der Waals surface area contributed by atoms with Gasteiger partial charge in [0.15, 0.2) is 11.6 Å². The van der Waals surface area contributed by atoms with Crippen LogP contribution < -0.4 is 21.3 Å². The Hall–Kier alpha value is -6.49. The first kappa shape index (κ1) is 55.7. The van der Waals surface area contributed by atoms with Gasteiger partial charge in [-0.05, 0) is 52.7 Å². The molecule has 76 heavy (non-hydrogen) atoms. The molecule has 1 aliphatic rings. The summed E-state index contributed by atoms with van der Waals surface area (Å²) in [6.07, 6.45) is -0.546. The molecule has 26 heteroatoms. The molecule has 8 rings (SSSR count). The van der Waals surface area contributed by atoms with Gasteiger partial charge in [-0.3, -0.25) is 28.8 Å². The van der Waals surface area contributed by atoms with E-state index in [4.69, 9.17) is 19.9 Å². The zero-order chi connectivity index (χ0) is 54.5. The summed E-state index contributed by atoms with van der Waals surface area (Å²) in [7, 11) is 0. The number of aromatic nitrogens is 7. The van der Waals surface area contributed by atoms with E-state index < -0.39 is 72.1 Å². The molecule has 7 N–H and O–H groups in total. The number of allylic oxidation sites excluding steroid dienone is 2. The average molecular weight is 1140 g/mol. The summed E-state index contributed by atoms with van der Waals surface area (Å²) in [5.41, 5.74) is 2.95. The van der Waals surface area contributed by atoms with E-state index in [0.717, 1.165) is 22.7 Å². The highest BCUT2D eigenvalue weighted by Crippen LogP contribution is 2.39. The van der Waals surface area contributed by atoms with Gasteiger partial charge in [0.25, 0.3) is 11.8 Å². The van der Waals surface area contributed by atoms with Crippen molar-refractivity contribution in [2.45, 2.75) is 91.7 Å². The molecule has 8 bridgehead atoms. The molecule has 8 heterocycles. The van der Waals surface area contributed by atoms with Crippen molar-refractivity contribution in [1.29, 1.82) is 0 Å². The second kappa shape index (κ2) is 24.2. The number of carbonyl (C=O) groups excluding carboxylic acids is 6. The number of aliphatic hydroxyl groups is 3. The van der Waals surface area contributed by atoms with Crippen molar-refractivity contribution >= 4 is 109 Å². The van der Waals surface area contributed by atoms with Gasteiger partial charge in [0.2, 0.25) is 11.8 Å². The van der Waals surface area contributed by atoms with Gasteiger partial charge in [-0.2, -0.15) is 0 Å². The SMILES string of the molecule is C/C=C1\NC(=O)[C@H]([C@@H](C)O)CC(=O)c2csc(n2)-c2ccc(-c3nc(-c4nc(C(=O)C/C(=C\C)C(=O)NC[C@@H](C)O)cs4)cs3)nc2-c2csc(n2)[C@H]([C@@H](C)O)NC(=O)c2csc(n2)[C@H](C(C)C)NC(=O)c2csc1n2. The Morgan fingerprint density at radius 3 is 1.92 bits per heavy atom. The number of thiazole rings is 6. The van der Waals surface area contributed by atoms with Gasteiger partial charge < -0.3 is 36.6 Å². The molecule has 0 aromatic carbocycles. The van der Waals surface area contributed by atoms with Crippen LogP contribution in [0.5, 0.6) is 0 Å². The number of pyridine rings is 1. The van der Waals surface area contributed by atoms with Crippen molar-refractivity contribution in [1.82, 2.24) is 56.2 Å². The molecule has 0 unspecified atom stereocenters. The maximum atomic E-state index is 14.0. The van der Waals surface area contributed by atoms with E-state index in [9.17, 15) is 44.1 Å². The number of Topliss-reactive ketones (excluding diaryl/α,β-unsaturated/α-hetero) is 2. The lowest BCUT2D eigenvalue weighted by atomic mass is 9.95. The number of aliphatic hydroxyl groups excluding tert-OH is 3. The van der Waals surface area contributed by atoms with Gasteiger partial charge in [0.1, 0.15) is 75.9 Å². The fourth-order valence-electron chi connectivity index (χ4n) is 7.58. The van der Waals surface area contributed by atoms with E-state index in [1.54, 1.807) is 77.3 Å². The Balaban J connectivity index is 1.15. The Morgan fingerprint density at radius 2 is 1.24 bits per heavy atom. The minimum atomic E-state index is -1.24. The van der Waals surface area contributed by atoms with Crippen molar-refractivity contribution in [2.75, 3.05) is 6.54 Å². The van der Waals surface area contributed by atoms with Gasteiger partial charge >= 0.3 is 0 Å². The smallest absolute Gasteiger partial charge is 0.271 e. The van der Waals surface area contributed by atoms with Crippen molar-refractivity contribution in [3.05, 3.63) is 99.9 Å². The number of fused-ring (bicyclic) bond motifs is 11. The van der Waals surface area contributed by atoms with Gasteiger partial charge in [0.05, 0.1) is 41.7 Å². The van der Waals surface area contributed by atoms with Crippen molar-refractivity contribution < 1.29 is 44.1 Å². The molecule has 0 saturated carbocycles. The summed E-state index contributed by atoms with van der Waals surface area (Å²) in [4.78, 5) is 114. The highest BCUT2D eigenvalue weighted by Gasteiger charge is 2.32. The van der Waals surface area contributed by atoms with Crippen molar-refractivity contribution in [2.24, 2.45) is 11.8 Å². The average Bonchev–Trinajstić information content (AvgIpc) is 4.26. The fourth-order valence-corrected chi connectivity index (χ4v) is 12.9. The molecule has 0 spiro atoms. The van der Waals surface area contributed by atoms with Crippen LogP contribution in [0.4, 0.5) is 0 Å². The van der Waals surface area contributed by atoms with Crippen LogP contribution in [0.25, 0.3) is 49.1 Å². The van der Waals surface area contributed by atoms with E-state index in [1.165, 1.54) is 59.2 Å². The normalized spacial score (nSPS) is 18.6. The Morgan fingerprint density at radius 1 is 0.658 bits per heavy atom. The fraction of sp³-hybridized carbons (Fsp3) is 0.340. The maximum absolute atomic E-state index is 14.0. The van der Waals surface area contributed by atoms with Crippen LogP contribution in [0.15, 0.2) is 62.1 Å². The van der Waals surface area contributed by atoms with E-state index in [0.29, 0.717) is 58.4 Å². The van der Waals surface area contributed by atoms with E-state index in [1.807, 2.05) is 13.8 Å². The summed E-state index contributed by atoms with van der Waals surface area (Å²) in [5.74, 6) is -4.42. The second-order valence-electron chi connectivity index (χ2n) is 17.9. The predicted molar refractivity (Wildman–Crippen MR) is 293 cm³/mol. The number of hydrogen-bond donors (Lipinski definition) is 7. The summed E-state index contributed by atoms with van der Waals surface area (Å²) in [5, 5.41) is 55.1. The molecule has 0 fully saturated rings. The van der Waals surface area contributed by atoms with Gasteiger partial charge in [-0.15, -0.1) is 68.0 Å². The highest BCUT2D eigenvalue weighted by atomic mass is 32.1. The third-order valence-electron chi connectivity index (χ3n) is 11.8. The van der Waals surface area contributed by atoms with Crippen LogP contribution in [-0.4, -0.2) is 110 Å². The van der Waals surface area contributed by atoms with Gasteiger partial charge in [-0.1, -0.05) is 26.0 Å². The molecule has 0 aliphatic carbocycles. The topological polar surface area (TPSA) is 301 Å². The number of nitrogens with one attached hydrogen (secondary N) is 4. The van der Waals surface area contributed by atoms with Crippen LogP contribution in [0, 0.1) is 11.8 Å². The molecule has 7 aromatic rings. The third kappa shape index (κ3) is 12.7. The van der Waals surface area contributed by atoms with E-state index >= 15 is 0 Å². The molecule has 4 amide bonds. The largest absolute Gasteiger partial charge is 0.393 e. The Bertz CT molecular complexity index is 3380. The molecular formula is C50H51N11O9S6. The highest BCUT2D eigenvalue weighted by molar-refractivity contribution is 7.15. The molecule has 6 atom stereocenters. The van der Waals surface area contributed by atoms with Crippen molar-refractivity contribution in [3.8, 4) is 43.4 Å². The number of ketones is 2.